The smallest absolute Gasteiger partial charge is 0.410 e. The average Bonchev–Trinajstić information content (AvgIpc) is 3.23. The Kier molecular flexibility index (Phi) is 7.20. The number of carbonyl (C=O) groups excluding carboxylic acids is 1. The molecule has 8 heteroatoms. The van der Waals surface area contributed by atoms with Gasteiger partial charge in [0, 0.05) is 17.8 Å². The highest BCUT2D eigenvalue weighted by Gasteiger charge is 2.21. The zero-order valence-corrected chi connectivity index (χ0v) is 19.7. The van der Waals surface area contributed by atoms with Crippen molar-refractivity contribution in [3.8, 4) is 22.7 Å². The fourth-order valence-electron chi connectivity index (χ4n) is 3.51. The largest absolute Gasteiger partial charge is 0.428 e. The van der Waals surface area contributed by atoms with Gasteiger partial charge in [-0.3, -0.25) is 4.55 Å². The molecule has 0 aliphatic heterocycles. The van der Waals surface area contributed by atoms with Gasteiger partial charge in [-0.15, -0.1) is 0 Å². The number of carbonyl (C=O) groups is 1. The van der Waals surface area contributed by atoms with Crippen LogP contribution in [0.5, 0.6) is 5.75 Å². The van der Waals surface area contributed by atoms with E-state index in [0.717, 1.165) is 38.1 Å². The van der Waals surface area contributed by atoms with E-state index in [9.17, 15) is 13.6 Å². The van der Waals surface area contributed by atoms with Crippen LogP contribution in [-0.2, 0) is 17.7 Å². The van der Waals surface area contributed by atoms with Gasteiger partial charge < -0.3 is 4.74 Å². The molecule has 4 rings (SSSR count). The average molecular weight is 476 g/mol. The molecule has 1 amide bonds. The van der Waals surface area contributed by atoms with Gasteiger partial charge >= 0.3 is 6.09 Å². The Balaban J connectivity index is 1.42. The summed E-state index contributed by atoms with van der Waals surface area (Å²) in [7, 11) is 0. The predicted octanol–water partition coefficient (Wildman–Crippen LogP) is 5.34. The van der Waals surface area contributed by atoms with Gasteiger partial charge in [0.25, 0.3) is 11.3 Å². The van der Waals surface area contributed by atoms with E-state index < -0.39 is 17.4 Å². The number of ether oxygens (including phenoxy) is 1. The number of aryl methyl sites for hydroxylation is 2. The summed E-state index contributed by atoms with van der Waals surface area (Å²) in [5, 5.41) is 4.72. The minimum Gasteiger partial charge on any atom is -0.410 e. The van der Waals surface area contributed by atoms with Gasteiger partial charge in [-0.2, -0.15) is 5.10 Å². The van der Waals surface area contributed by atoms with Gasteiger partial charge in [-0.25, -0.2) is 18.0 Å². The van der Waals surface area contributed by atoms with Crippen molar-refractivity contribution >= 4 is 17.4 Å². The maximum Gasteiger partial charge on any atom is 0.428 e. The first-order chi connectivity index (χ1) is 16.4. The van der Waals surface area contributed by atoms with Crippen molar-refractivity contribution in [2.45, 2.75) is 20.3 Å². The fraction of sp³-hybridized carbons (Fsp3) is 0.154. The van der Waals surface area contributed by atoms with Crippen LogP contribution in [0.1, 0.15) is 16.8 Å². The maximum atomic E-state index is 12.4. The molecule has 174 valence electrons. The van der Waals surface area contributed by atoms with Gasteiger partial charge in [0.1, 0.15) is 5.75 Å². The maximum absolute atomic E-state index is 12.4. The number of amides is 1. The Hall–Kier alpha value is -3.75. The number of benzene rings is 3. The zero-order chi connectivity index (χ0) is 24.1. The molecular formula is C26H25N3O4S. The van der Waals surface area contributed by atoms with E-state index in [1.54, 1.807) is 24.3 Å². The van der Waals surface area contributed by atoms with Crippen LogP contribution < -0.4 is 4.74 Å². The SMILES string of the molecule is Cc1ccc(OC(=O)N(CCc2ccc(-n3nc(-c4ccccc4)cc3C)cc2)S(=O)O)cc1. The van der Waals surface area contributed by atoms with Crippen molar-refractivity contribution in [1.29, 1.82) is 0 Å². The molecule has 3 aromatic carbocycles. The van der Waals surface area contributed by atoms with E-state index in [2.05, 4.69) is 0 Å². The molecule has 1 aromatic heterocycles. The van der Waals surface area contributed by atoms with Gasteiger partial charge in [0.05, 0.1) is 11.4 Å². The fourth-order valence-corrected chi connectivity index (χ4v) is 3.92. The molecule has 0 aliphatic carbocycles. The summed E-state index contributed by atoms with van der Waals surface area (Å²) in [6.45, 7) is 3.95. The topological polar surface area (TPSA) is 84.7 Å². The molecule has 0 fully saturated rings. The zero-order valence-electron chi connectivity index (χ0n) is 18.9. The first-order valence-corrected chi connectivity index (χ1v) is 11.9. The van der Waals surface area contributed by atoms with Gasteiger partial charge in [-0.05, 0) is 56.2 Å². The summed E-state index contributed by atoms with van der Waals surface area (Å²) >= 11 is -2.49. The number of hydrogen-bond donors (Lipinski definition) is 1. The van der Waals surface area contributed by atoms with Crippen LogP contribution in [0.2, 0.25) is 0 Å². The lowest BCUT2D eigenvalue weighted by atomic mass is 10.1. The highest BCUT2D eigenvalue weighted by atomic mass is 32.2. The number of nitrogens with zero attached hydrogens (tertiary/aromatic N) is 3. The quantitative estimate of drug-likeness (QED) is 0.365. The second kappa shape index (κ2) is 10.5. The van der Waals surface area contributed by atoms with E-state index in [-0.39, 0.29) is 6.54 Å². The summed E-state index contributed by atoms with van der Waals surface area (Å²) in [4.78, 5) is 12.4. The molecule has 0 spiro atoms. The molecule has 0 radical (unpaired) electrons. The molecule has 0 aliphatic rings. The van der Waals surface area contributed by atoms with Crippen molar-refractivity contribution in [2.24, 2.45) is 0 Å². The van der Waals surface area contributed by atoms with Crippen LogP contribution in [-0.4, -0.2) is 35.5 Å². The van der Waals surface area contributed by atoms with Crippen LogP contribution in [0, 0.1) is 13.8 Å². The molecule has 0 saturated carbocycles. The van der Waals surface area contributed by atoms with Crippen molar-refractivity contribution in [3.63, 3.8) is 0 Å². The molecule has 0 saturated heterocycles. The Bertz CT molecular complexity index is 1290. The summed E-state index contributed by atoms with van der Waals surface area (Å²) in [6.07, 6.45) is -0.481. The van der Waals surface area contributed by atoms with Crippen LogP contribution in [0.4, 0.5) is 4.79 Å². The van der Waals surface area contributed by atoms with E-state index in [1.165, 1.54) is 0 Å². The van der Waals surface area contributed by atoms with E-state index in [0.29, 0.717) is 12.2 Å². The van der Waals surface area contributed by atoms with Gasteiger partial charge in [0.2, 0.25) is 0 Å². The second-order valence-corrected chi connectivity index (χ2v) is 8.78. The van der Waals surface area contributed by atoms with Gasteiger partial charge in [-0.1, -0.05) is 60.2 Å². The second-order valence-electron chi connectivity index (χ2n) is 7.88. The monoisotopic (exact) mass is 475 g/mol. The first-order valence-electron chi connectivity index (χ1n) is 10.8. The van der Waals surface area contributed by atoms with E-state index in [1.807, 2.05) is 79.2 Å². The van der Waals surface area contributed by atoms with Crippen molar-refractivity contribution in [1.82, 2.24) is 14.1 Å². The van der Waals surface area contributed by atoms with Crippen LogP contribution in [0.3, 0.4) is 0 Å². The lowest BCUT2D eigenvalue weighted by Crippen LogP contribution is -2.36. The lowest BCUT2D eigenvalue weighted by molar-refractivity contribution is 0.178. The van der Waals surface area contributed by atoms with Crippen LogP contribution in [0.15, 0.2) is 84.9 Å². The number of aromatic nitrogens is 2. The van der Waals surface area contributed by atoms with E-state index in [4.69, 9.17) is 9.84 Å². The number of hydrogen-bond acceptors (Lipinski definition) is 4. The first kappa shape index (κ1) is 23.4. The van der Waals surface area contributed by atoms with Crippen LogP contribution >= 0.6 is 0 Å². The molecule has 1 unspecified atom stereocenters. The molecular weight excluding hydrogens is 450 g/mol. The third-order valence-corrected chi connectivity index (χ3v) is 6.07. The van der Waals surface area contributed by atoms with E-state index >= 15 is 0 Å². The predicted molar refractivity (Wildman–Crippen MR) is 132 cm³/mol. The van der Waals surface area contributed by atoms with Crippen LogP contribution in [0.25, 0.3) is 16.9 Å². The minimum atomic E-state index is -2.49. The molecule has 34 heavy (non-hydrogen) atoms. The summed E-state index contributed by atoms with van der Waals surface area (Å²) in [5.41, 5.74) is 5.80. The molecule has 1 heterocycles. The molecule has 0 bridgehead atoms. The molecule has 7 nitrogen and oxygen atoms in total. The molecule has 4 aromatic rings. The summed E-state index contributed by atoms with van der Waals surface area (Å²) in [5.74, 6) is 0.319. The Morgan fingerprint density at radius 3 is 2.32 bits per heavy atom. The highest BCUT2D eigenvalue weighted by molar-refractivity contribution is 7.77. The Labute approximate surface area is 201 Å². The Morgan fingerprint density at radius 1 is 1.00 bits per heavy atom. The van der Waals surface area contributed by atoms with Crippen molar-refractivity contribution in [3.05, 3.63) is 102 Å². The standard InChI is InChI=1S/C26H25N3O4S/c1-19-8-14-24(15-9-19)33-26(30)28(34(31)32)17-16-21-10-12-23(13-11-21)29-20(2)18-25(27-29)22-6-4-3-5-7-22/h3-15,18H,16-17H2,1-2H3,(H,31,32). The highest BCUT2D eigenvalue weighted by Crippen LogP contribution is 2.21. The lowest BCUT2D eigenvalue weighted by Gasteiger charge is -2.17. The summed E-state index contributed by atoms with van der Waals surface area (Å²) in [6, 6.07) is 26.6. The van der Waals surface area contributed by atoms with Gasteiger partial charge in [0.15, 0.2) is 0 Å². The Morgan fingerprint density at radius 2 is 1.68 bits per heavy atom. The third-order valence-electron chi connectivity index (χ3n) is 5.36. The normalized spacial score (nSPS) is 11.7. The molecule has 1 atom stereocenters. The van der Waals surface area contributed by atoms with Crippen molar-refractivity contribution in [2.75, 3.05) is 6.54 Å². The number of rotatable bonds is 7. The third kappa shape index (κ3) is 5.59. The van der Waals surface area contributed by atoms with Crippen molar-refractivity contribution < 1.29 is 18.3 Å². The summed E-state index contributed by atoms with van der Waals surface area (Å²) < 4.78 is 29.2. The molecule has 1 N–H and O–H groups in total. The minimum absolute atomic E-state index is 0.0338.